The number of hydrogen-bond acceptors (Lipinski definition) is 4. The van der Waals surface area contributed by atoms with E-state index in [0.29, 0.717) is 24.5 Å². The first-order valence-corrected chi connectivity index (χ1v) is 9.54. The molecule has 24 heavy (non-hydrogen) atoms. The predicted octanol–water partition coefficient (Wildman–Crippen LogP) is 2.62. The Bertz CT molecular complexity index is 488. The van der Waals surface area contributed by atoms with Crippen molar-refractivity contribution in [2.24, 2.45) is 23.7 Å². The van der Waals surface area contributed by atoms with Crippen molar-refractivity contribution in [2.45, 2.75) is 70.8 Å². The summed E-state index contributed by atoms with van der Waals surface area (Å²) in [6.45, 7) is 1.97. The summed E-state index contributed by atoms with van der Waals surface area (Å²) in [6.07, 6.45) is 8.63. The van der Waals surface area contributed by atoms with E-state index in [9.17, 15) is 14.4 Å². The number of carbonyl (C=O) groups is 3. The molecule has 5 nitrogen and oxygen atoms in total. The van der Waals surface area contributed by atoms with Crippen molar-refractivity contribution in [1.29, 1.82) is 0 Å². The van der Waals surface area contributed by atoms with Crippen LogP contribution in [0.5, 0.6) is 0 Å². The summed E-state index contributed by atoms with van der Waals surface area (Å²) < 4.78 is 5.26. The summed E-state index contributed by atoms with van der Waals surface area (Å²) in [5, 5.41) is 3.00. The van der Waals surface area contributed by atoms with Crippen molar-refractivity contribution < 1.29 is 19.1 Å². The van der Waals surface area contributed by atoms with Crippen LogP contribution in [-0.4, -0.2) is 30.3 Å². The second-order valence-corrected chi connectivity index (χ2v) is 7.94. The van der Waals surface area contributed by atoms with E-state index in [0.717, 1.165) is 38.5 Å². The Hall–Kier alpha value is -1.39. The highest BCUT2D eigenvalue weighted by atomic mass is 16.5. The van der Waals surface area contributed by atoms with Gasteiger partial charge in [-0.25, -0.2) is 0 Å². The van der Waals surface area contributed by atoms with E-state index in [1.165, 1.54) is 6.42 Å². The second kappa shape index (κ2) is 7.66. The second-order valence-electron chi connectivity index (χ2n) is 7.94. The Morgan fingerprint density at radius 2 is 1.71 bits per heavy atom. The van der Waals surface area contributed by atoms with E-state index in [1.54, 1.807) is 0 Å². The molecule has 0 aromatic heterocycles. The van der Waals surface area contributed by atoms with Gasteiger partial charge in [-0.1, -0.05) is 26.2 Å². The van der Waals surface area contributed by atoms with Gasteiger partial charge in [-0.15, -0.1) is 0 Å². The van der Waals surface area contributed by atoms with Crippen LogP contribution in [-0.2, 0) is 19.1 Å². The van der Waals surface area contributed by atoms with E-state index in [1.807, 2.05) is 0 Å². The zero-order valence-corrected chi connectivity index (χ0v) is 14.6. The number of esters is 1. The number of fused-ring (bicyclic) bond motifs is 2. The topological polar surface area (TPSA) is 72.5 Å². The zero-order chi connectivity index (χ0) is 17.1. The van der Waals surface area contributed by atoms with E-state index in [4.69, 9.17) is 4.74 Å². The van der Waals surface area contributed by atoms with Gasteiger partial charge in [0, 0.05) is 17.9 Å². The molecule has 0 radical (unpaired) electrons. The Morgan fingerprint density at radius 1 is 1.04 bits per heavy atom. The molecule has 3 saturated carbocycles. The number of ether oxygens (including phenoxy) is 1. The molecule has 0 aromatic rings. The molecule has 3 aliphatic rings. The average molecular weight is 335 g/mol. The maximum absolute atomic E-state index is 12.3. The van der Waals surface area contributed by atoms with Crippen molar-refractivity contribution >= 4 is 17.7 Å². The van der Waals surface area contributed by atoms with Crippen LogP contribution in [0.25, 0.3) is 0 Å². The first-order chi connectivity index (χ1) is 11.5. The number of rotatable bonds is 4. The SMILES string of the molecule is C[C@@H]1CCCC[C@H]1NC(=O)COC(=O)C1C[C@H]2CCC[C@@H](C1)C2=O. The third-order valence-corrected chi connectivity index (χ3v) is 6.18. The summed E-state index contributed by atoms with van der Waals surface area (Å²) >= 11 is 0. The summed E-state index contributed by atoms with van der Waals surface area (Å²) in [5.41, 5.74) is 0. The van der Waals surface area contributed by atoms with Crippen LogP contribution in [0, 0.1) is 23.7 Å². The highest BCUT2D eigenvalue weighted by Gasteiger charge is 2.41. The first kappa shape index (κ1) is 17.4. The van der Waals surface area contributed by atoms with Gasteiger partial charge in [0.25, 0.3) is 5.91 Å². The fraction of sp³-hybridized carbons (Fsp3) is 0.842. The van der Waals surface area contributed by atoms with Crippen LogP contribution in [0.1, 0.15) is 64.7 Å². The number of carbonyl (C=O) groups excluding carboxylic acids is 3. The van der Waals surface area contributed by atoms with Crippen LogP contribution >= 0.6 is 0 Å². The molecule has 134 valence electrons. The molecular weight excluding hydrogens is 306 g/mol. The summed E-state index contributed by atoms with van der Waals surface area (Å²) in [7, 11) is 0. The monoisotopic (exact) mass is 335 g/mol. The van der Waals surface area contributed by atoms with Gasteiger partial charge in [-0.2, -0.15) is 0 Å². The van der Waals surface area contributed by atoms with Gasteiger partial charge in [0.15, 0.2) is 6.61 Å². The summed E-state index contributed by atoms with van der Waals surface area (Å²) in [4.78, 5) is 36.4. The fourth-order valence-electron chi connectivity index (χ4n) is 4.71. The van der Waals surface area contributed by atoms with E-state index < -0.39 is 0 Å². The lowest BCUT2D eigenvalue weighted by Gasteiger charge is -2.36. The molecule has 3 rings (SSSR count). The van der Waals surface area contributed by atoms with Gasteiger partial charge >= 0.3 is 5.97 Å². The maximum Gasteiger partial charge on any atom is 0.309 e. The molecule has 5 heteroatoms. The number of amides is 1. The van der Waals surface area contributed by atoms with Crippen LogP contribution in [0.15, 0.2) is 0 Å². The summed E-state index contributed by atoms with van der Waals surface area (Å²) in [6, 6.07) is 0.205. The normalized spacial score (nSPS) is 36.0. The molecule has 0 aromatic carbocycles. The van der Waals surface area contributed by atoms with Crippen molar-refractivity contribution in [2.75, 3.05) is 6.61 Å². The number of hydrogen-bond donors (Lipinski definition) is 1. The maximum atomic E-state index is 12.3. The van der Waals surface area contributed by atoms with Crippen LogP contribution < -0.4 is 5.32 Å². The van der Waals surface area contributed by atoms with Crippen molar-refractivity contribution in [3.8, 4) is 0 Å². The van der Waals surface area contributed by atoms with Gasteiger partial charge in [0.1, 0.15) is 5.78 Å². The highest BCUT2D eigenvalue weighted by Crippen LogP contribution is 2.40. The largest absolute Gasteiger partial charge is 0.455 e. The van der Waals surface area contributed by atoms with Crippen LogP contribution in [0.2, 0.25) is 0 Å². The van der Waals surface area contributed by atoms with Gasteiger partial charge in [-0.3, -0.25) is 14.4 Å². The van der Waals surface area contributed by atoms with Crippen LogP contribution in [0.4, 0.5) is 0 Å². The Morgan fingerprint density at radius 3 is 2.38 bits per heavy atom. The molecular formula is C19H29NO4. The summed E-state index contributed by atoms with van der Waals surface area (Å²) in [5.74, 6) is 0.190. The van der Waals surface area contributed by atoms with E-state index >= 15 is 0 Å². The molecule has 3 aliphatic carbocycles. The Labute approximate surface area is 143 Å². The van der Waals surface area contributed by atoms with Gasteiger partial charge in [0.05, 0.1) is 5.92 Å². The molecule has 0 aliphatic heterocycles. The third-order valence-electron chi connectivity index (χ3n) is 6.18. The quantitative estimate of drug-likeness (QED) is 0.802. The highest BCUT2D eigenvalue weighted by molar-refractivity contribution is 5.88. The van der Waals surface area contributed by atoms with Crippen molar-refractivity contribution in [1.82, 2.24) is 5.32 Å². The van der Waals surface area contributed by atoms with E-state index in [-0.39, 0.29) is 42.3 Å². The van der Waals surface area contributed by atoms with E-state index in [2.05, 4.69) is 12.2 Å². The van der Waals surface area contributed by atoms with Crippen molar-refractivity contribution in [3.05, 3.63) is 0 Å². The van der Waals surface area contributed by atoms with Gasteiger partial charge in [0.2, 0.25) is 0 Å². The minimum Gasteiger partial charge on any atom is -0.455 e. The lowest BCUT2D eigenvalue weighted by Crippen LogP contribution is -2.44. The standard InChI is InChI=1S/C19H29NO4/c1-12-5-2-3-8-16(12)20-17(21)11-24-19(23)15-9-13-6-4-7-14(10-15)18(13)22/h12-16H,2-11H2,1H3,(H,20,21)/t12-,13-,14+,15?,16-/m1/s1. The Balaban J connectivity index is 1.43. The lowest BCUT2D eigenvalue weighted by molar-refractivity contribution is -0.157. The average Bonchev–Trinajstić information content (AvgIpc) is 2.54. The molecule has 5 atom stereocenters. The number of ketones is 1. The minimum atomic E-state index is -0.300. The molecule has 0 heterocycles. The fourth-order valence-corrected chi connectivity index (χ4v) is 4.71. The molecule has 1 N–H and O–H groups in total. The smallest absolute Gasteiger partial charge is 0.309 e. The van der Waals surface area contributed by atoms with Gasteiger partial charge in [-0.05, 0) is 44.4 Å². The Kier molecular flexibility index (Phi) is 5.57. The lowest BCUT2D eigenvalue weighted by atomic mass is 9.67. The number of nitrogens with one attached hydrogen (secondary N) is 1. The third kappa shape index (κ3) is 3.98. The zero-order valence-electron chi connectivity index (χ0n) is 14.6. The van der Waals surface area contributed by atoms with Crippen LogP contribution in [0.3, 0.4) is 0 Å². The number of Topliss-reactive ketones (excluding diaryl/α,β-unsaturated/α-hetero) is 1. The molecule has 1 unspecified atom stereocenters. The molecule has 1 amide bonds. The minimum absolute atomic E-state index is 0.0342. The molecule has 3 fully saturated rings. The molecule has 0 saturated heterocycles. The van der Waals surface area contributed by atoms with Gasteiger partial charge < -0.3 is 10.1 Å². The first-order valence-electron chi connectivity index (χ1n) is 9.54. The molecule has 2 bridgehead atoms. The van der Waals surface area contributed by atoms with Crippen molar-refractivity contribution in [3.63, 3.8) is 0 Å². The molecule has 0 spiro atoms. The predicted molar refractivity (Wildman–Crippen MR) is 89.1 cm³/mol.